The molecule has 1 amide bonds. The molecular formula is C25H26N4O3. The van der Waals surface area contributed by atoms with Gasteiger partial charge < -0.3 is 10.6 Å². The fraction of sp³-hybridized carbons (Fsp3) is 0.240. The molecule has 0 atom stereocenters. The predicted molar refractivity (Wildman–Crippen MR) is 124 cm³/mol. The number of carbonyl (C=O) groups excluding carboxylic acids is 1. The lowest BCUT2D eigenvalue weighted by atomic mass is 9.96. The van der Waals surface area contributed by atoms with Gasteiger partial charge in [-0.2, -0.15) is 0 Å². The Morgan fingerprint density at radius 2 is 1.47 bits per heavy atom. The lowest BCUT2D eigenvalue weighted by Crippen LogP contribution is -2.50. The number of piperazine rings is 1. The summed E-state index contributed by atoms with van der Waals surface area (Å²) >= 11 is 0. The zero-order chi connectivity index (χ0) is 22.7. The molecular weight excluding hydrogens is 404 g/mol. The Labute approximate surface area is 187 Å². The Morgan fingerprint density at radius 1 is 0.938 bits per heavy atom. The molecule has 0 spiro atoms. The molecule has 1 aliphatic rings. The van der Waals surface area contributed by atoms with Gasteiger partial charge in [-0.15, -0.1) is 0 Å². The summed E-state index contributed by atoms with van der Waals surface area (Å²) in [5.74, 6) is -0.259. The number of anilines is 1. The molecule has 1 heterocycles. The van der Waals surface area contributed by atoms with Crippen LogP contribution in [0.4, 0.5) is 11.4 Å². The van der Waals surface area contributed by atoms with Crippen LogP contribution in [0.25, 0.3) is 0 Å². The van der Waals surface area contributed by atoms with Gasteiger partial charge in [-0.25, -0.2) is 0 Å². The zero-order valence-electron chi connectivity index (χ0n) is 18.0. The van der Waals surface area contributed by atoms with Crippen molar-refractivity contribution in [2.75, 3.05) is 31.9 Å². The third kappa shape index (κ3) is 4.33. The van der Waals surface area contributed by atoms with Crippen molar-refractivity contribution in [1.29, 1.82) is 0 Å². The lowest BCUT2D eigenvalue weighted by Gasteiger charge is -2.40. The largest absolute Gasteiger partial charge is 0.393 e. The summed E-state index contributed by atoms with van der Waals surface area (Å²) in [5, 5.41) is 11.3. The second-order valence-electron chi connectivity index (χ2n) is 8.05. The van der Waals surface area contributed by atoms with Crippen molar-refractivity contribution < 1.29 is 9.72 Å². The molecule has 4 rings (SSSR count). The van der Waals surface area contributed by atoms with Crippen LogP contribution in [0.15, 0.2) is 72.8 Å². The van der Waals surface area contributed by atoms with Crippen LogP contribution in [-0.4, -0.2) is 46.8 Å². The molecule has 7 nitrogen and oxygen atoms in total. The molecule has 1 aliphatic heterocycles. The van der Waals surface area contributed by atoms with Crippen molar-refractivity contribution >= 4 is 17.3 Å². The van der Waals surface area contributed by atoms with Gasteiger partial charge in [-0.1, -0.05) is 60.7 Å². The zero-order valence-corrected chi connectivity index (χ0v) is 18.0. The van der Waals surface area contributed by atoms with Gasteiger partial charge in [-0.05, 0) is 29.7 Å². The summed E-state index contributed by atoms with van der Waals surface area (Å²) in [6.07, 6.45) is 0. The summed E-state index contributed by atoms with van der Waals surface area (Å²) < 4.78 is 0. The summed E-state index contributed by atoms with van der Waals surface area (Å²) in [4.78, 5) is 28.0. The Kier molecular flexibility index (Phi) is 6.18. The molecule has 2 N–H and O–H groups in total. The van der Waals surface area contributed by atoms with E-state index in [0.29, 0.717) is 31.7 Å². The molecule has 0 aromatic heterocycles. The molecule has 0 radical (unpaired) electrons. The first-order chi connectivity index (χ1) is 15.5. The third-order valence-corrected chi connectivity index (χ3v) is 5.93. The van der Waals surface area contributed by atoms with Crippen LogP contribution in [0.5, 0.6) is 0 Å². The van der Waals surface area contributed by atoms with E-state index in [4.69, 9.17) is 5.73 Å². The predicted octanol–water partition coefficient (Wildman–Crippen LogP) is 4.03. The fourth-order valence-corrected chi connectivity index (χ4v) is 4.34. The van der Waals surface area contributed by atoms with Crippen LogP contribution in [0.3, 0.4) is 0 Å². The summed E-state index contributed by atoms with van der Waals surface area (Å²) in [5.41, 5.74) is 8.95. The van der Waals surface area contributed by atoms with Crippen LogP contribution in [0, 0.1) is 17.0 Å². The minimum absolute atomic E-state index is 0.0699. The van der Waals surface area contributed by atoms with Crippen LogP contribution >= 0.6 is 0 Å². The highest BCUT2D eigenvalue weighted by Gasteiger charge is 2.30. The van der Waals surface area contributed by atoms with Crippen LogP contribution < -0.4 is 5.73 Å². The van der Waals surface area contributed by atoms with Gasteiger partial charge in [0.15, 0.2) is 0 Å². The van der Waals surface area contributed by atoms with Crippen molar-refractivity contribution in [3.63, 3.8) is 0 Å². The average molecular weight is 431 g/mol. The maximum absolute atomic E-state index is 13.2. The number of nitro groups is 1. The van der Waals surface area contributed by atoms with E-state index in [1.54, 1.807) is 17.9 Å². The number of amides is 1. The van der Waals surface area contributed by atoms with Crippen molar-refractivity contribution in [1.82, 2.24) is 9.80 Å². The Hall–Kier alpha value is -3.71. The minimum atomic E-state index is -0.540. The van der Waals surface area contributed by atoms with Gasteiger partial charge in [-0.3, -0.25) is 19.8 Å². The van der Waals surface area contributed by atoms with Crippen LogP contribution in [0.1, 0.15) is 33.1 Å². The molecule has 1 fully saturated rings. The second kappa shape index (κ2) is 9.20. The molecule has 3 aromatic carbocycles. The standard InChI is InChI=1S/C25H26N4O3/c1-18-16-21(23(26)22(17-18)29(31)32)25(30)28-14-12-27(13-15-28)24(19-8-4-2-5-9-19)20-10-6-3-7-11-20/h2-11,16-17,24H,12-15,26H2,1H3. The number of aryl methyl sites for hydroxylation is 1. The number of hydrogen-bond donors (Lipinski definition) is 1. The van der Waals surface area contributed by atoms with E-state index in [0.717, 1.165) is 0 Å². The van der Waals surface area contributed by atoms with Crippen molar-refractivity contribution in [3.8, 4) is 0 Å². The number of nitrogens with zero attached hydrogens (tertiary/aromatic N) is 3. The molecule has 32 heavy (non-hydrogen) atoms. The van der Waals surface area contributed by atoms with E-state index in [1.807, 2.05) is 36.4 Å². The molecule has 7 heteroatoms. The molecule has 3 aromatic rings. The summed E-state index contributed by atoms with van der Waals surface area (Å²) in [6, 6.07) is 23.8. The maximum Gasteiger partial charge on any atom is 0.293 e. The quantitative estimate of drug-likeness (QED) is 0.375. The smallest absolute Gasteiger partial charge is 0.293 e. The van der Waals surface area contributed by atoms with Crippen molar-refractivity contribution in [3.05, 3.63) is 105 Å². The molecule has 164 valence electrons. The van der Waals surface area contributed by atoms with E-state index >= 15 is 0 Å². The number of nitrogen functional groups attached to an aromatic ring is 1. The van der Waals surface area contributed by atoms with E-state index < -0.39 is 4.92 Å². The van der Waals surface area contributed by atoms with Crippen LogP contribution in [-0.2, 0) is 0 Å². The highest BCUT2D eigenvalue weighted by Crippen LogP contribution is 2.31. The summed E-state index contributed by atoms with van der Waals surface area (Å²) in [7, 11) is 0. The van der Waals surface area contributed by atoms with Gasteiger partial charge in [0.05, 0.1) is 16.5 Å². The van der Waals surface area contributed by atoms with Crippen molar-refractivity contribution in [2.24, 2.45) is 0 Å². The first kappa shape index (κ1) is 21.5. The number of hydrogen-bond acceptors (Lipinski definition) is 5. The molecule has 0 unspecified atom stereocenters. The molecule has 1 saturated heterocycles. The third-order valence-electron chi connectivity index (χ3n) is 5.93. The molecule has 0 saturated carbocycles. The normalized spacial score (nSPS) is 14.5. The number of benzene rings is 3. The first-order valence-corrected chi connectivity index (χ1v) is 10.6. The second-order valence-corrected chi connectivity index (χ2v) is 8.05. The fourth-order valence-electron chi connectivity index (χ4n) is 4.34. The number of carbonyl (C=O) groups is 1. The number of nitro benzene ring substituents is 1. The highest BCUT2D eigenvalue weighted by atomic mass is 16.6. The Bertz CT molecular complexity index is 1070. The van der Waals surface area contributed by atoms with E-state index in [9.17, 15) is 14.9 Å². The van der Waals surface area contributed by atoms with Gasteiger partial charge in [0.1, 0.15) is 5.69 Å². The van der Waals surface area contributed by atoms with Crippen molar-refractivity contribution in [2.45, 2.75) is 13.0 Å². The maximum atomic E-state index is 13.2. The highest BCUT2D eigenvalue weighted by molar-refractivity contribution is 6.01. The van der Waals surface area contributed by atoms with Gasteiger partial charge in [0.2, 0.25) is 0 Å². The van der Waals surface area contributed by atoms with E-state index in [1.165, 1.54) is 17.2 Å². The Balaban J connectivity index is 1.55. The monoisotopic (exact) mass is 430 g/mol. The lowest BCUT2D eigenvalue weighted by molar-refractivity contribution is -0.384. The topological polar surface area (TPSA) is 92.7 Å². The number of rotatable bonds is 5. The molecule has 0 aliphatic carbocycles. The molecule has 0 bridgehead atoms. The number of nitrogens with two attached hydrogens (primary N) is 1. The minimum Gasteiger partial charge on any atom is -0.393 e. The average Bonchev–Trinajstić information content (AvgIpc) is 2.82. The first-order valence-electron chi connectivity index (χ1n) is 10.6. The SMILES string of the molecule is Cc1cc(C(=O)N2CCN(C(c3ccccc3)c3ccccc3)CC2)c(N)c([N+](=O)[O-])c1. The van der Waals surface area contributed by atoms with E-state index in [-0.39, 0.29) is 28.9 Å². The Morgan fingerprint density at radius 3 is 1.97 bits per heavy atom. The summed E-state index contributed by atoms with van der Waals surface area (Å²) in [6.45, 7) is 4.15. The van der Waals surface area contributed by atoms with Gasteiger partial charge in [0, 0.05) is 32.2 Å². The van der Waals surface area contributed by atoms with Gasteiger partial charge >= 0.3 is 0 Å². The van der Waals surface area contributed by atoms with Gasteiger partial charge in [0.25, 0.3) is 11.6 Å². The van der Waals surface area contributed by atoms with Crippen LogP contribution in [0.2, 0.25) is 0 Å². The van der Waals surface area contributed by atoms with E-state index in [2.05, 4.69) is 29.2 Å².